The summed E-state index contributed by atoms with van der Waals surface area (Å²) in [6, 6.07) is 13.8. The number of aromatic nitrogens is 3. The van der Waals surface area contributed by atoms with Crippen LogP contribution in [0.4, 0.5) is 0 Å². The fourth-order valence-electron chi connectivity index (χ4n) is 2.47. The van der Waals surface area contributed by atoms with Crippen molar-refractivity contribution < 1.29 is 19.1 Å². The maximum Gasteiger partial charge on any atom is 0.338 e. The first-order chi connectivity index (χ1) is 13.1. The molecule has 0 bridgehead atoms. The zero-order valence-corrected chi connectivity index (χ0v) is 15.1. The number of hydrogen-bond acceptors (Lipinski definition) is 6. The third-order valence-electron chi connectivity index (χ3n) is 3.81. The molecule has 138 valence electrons. The molecule has 1 N–H and O–H groups in total. The first-order valence-corrected chi connectivity index (χ1v) is 8.60. The first-order valence-electron chi connectivity index (χ1n) is 8.60. The number of aromatic amines is 1. The SMILES string of the molecule is CCOC(=O)c1ccc(-c2n[nH]c(-c3ccc(C(=O)OCC)cc3)n2)cc1. The molecule has 0 aliphatic heterocycles. The number of carbonyl (C=O) groups excluding carboxylic acids is 2. The van der Waals surface area contributed by atoms with E-state index >= 15 is 0 Å². The Bertz CT molecular complexity index is 855. The third-order valence-corrected chi connectivity index (χ3v) is 3.81. The third kappa shape index (κ3) is 4.20. The van der Waals surface area contributed by atoms with E-state index in [0.717, 1.165) is 11.1 Å². The quantitative estimate of drug-likeness (QED) is 0.672. The summed E-state index contributed by atoms with van der Waals surface area (Å²) in [5.41, 5.74) is 2.53. The van der Waals surface area contributed by atoms with Gasteiger partial charge in [-0.3, -0.25) is 5.10 Å². The van der Waals surface area contributed by atoms with E-state index in [1.54, 1.807) is 62.4 Å². The minimum absolute atomic E-state index is 0.333. The Morgan fingerprint density at radius 1 is 0.815 bits per heavy atom. The lowest BCUT2D eigenvalue weighted by Gasteiger charge is -2.02. The fraction of sp³-hybridized carbons (Fsp3) is 0.200. The van der Waals surface area contributed by atoms with Gasteiger partial charge in [-0.25, -0.2) is 14.6 Å². The molecule has 0 saturated heterocycles. The van der Waals surface area contributed by atoms with Gasteiger partial charge in [-0.1, -0.05) is 24.3 Å². The second-order valence-electron chi connectivity index (χ2n) is 5.60. The van der Waals surface area contributed by atoms with Crippen molar-refractivity contribution in [2.24, 2.45) is 0 Å². The standard InChI is InChI=1S/C20H19N3O4/c1-3-26-19(24)15-9-5-13(6-10-15)17-21-18(23-22-17)14-7-11-16(12-8-14)20(25)27-4-2/h5-12H,3-4H2,1-2H3,(H,21,22,23). The number of H-pyrrole nitrogens is 1. The summed E-state index contributed by atoms with van der Waals surface area (Å²) in [6.45, 7) is 4.20. The molecule has 0 amide bonds. The maximum atomic E-state index is 11.7. The van der Waals surface area contributed by atoms with Gasteiger partial charge in [0.05, 0.1) is 24.3 Å². The van der Waals surface area contributed by atoms with Crippen molar-refractivity contribution in [3.8, 4) is 22.8 Å². The van der Waals surface area contributed by atoms with E-state index in [-0.39, 0.29) is 11.9 Å². The number of hydrogen-bond donors (Lipinski definition) is 1. The van der Waals surface area contributed by atoms with Crippen LogP contribution in [0, 0.1) is 0 Å². The molecule has 3 rings (SSSR count). The lowest BCUT2D eigenvalue weighted by Crippen LogP contribution is -2.04. The van der Waals surface area contributed by atoms with Crippen molar-refractivity contribution in [2.45, 2.75) is 13.8 Å². The van der Waals surface area contributed by atoms with Crippen LogP contribution in [-0.2, 0) is 9.47 Å². The highest BCUT2D eigenvalue weighted by Crippen LogP contribution is 2.21. The zero-order valence-electron chi connectivity index (χ0n) is 15.1. The van der Waals surface area contributed by atoms with Gasteiger partial charge in [-0.15, -0.1) is 0 Å². The van der Waals surface area contributed by atoms with Gasteiger partial charge >= 0.3 is 11.9 Å². The Balaban J connectivity index is 1.76. The normalized spacial score (nSPS) is 10.4. The molecule has 2 aromatic carbocycles. The highest BCUT2D eigenvalue weighted by Gasteiger charge is 2.11. The van der Waals surface area contributed by atoms with Gasteiger partial charge in [-0.2, -0.15) is 5.10 Å². The van der Waals surface area contributed by atoms with Crippen molar-refractivity contribution >= 4 is 11.9 Å². The molecule has 1 aromatic heterocycles. The largest absolute Gasteiger partial charge is 0.462 e. The van der Waals surface area contributed by atoms with Crippen LogP contribution in [-0.4, -0.2) is 40.3 Å². The topological polar surface area (TPSA) is 94.2 Å². The predicted molar refractivity (Wildman–Crippen MR) is 99.2 cm³/mol. The maximum absolute atomic E-state index is 11.7. The van der Waals surface area contributed by atoms with Crippen LogP contribution in [0.3, 0.4) is 0 Å². The number of esters is 2. The Kier molecular flexibility index (Phi) is 5.61. The molecule has 0 aliphatic carbocycles. The molecule has 0 fully saturated rings. The molecule has 0 aliphatic rings. The van der Waals surface area contributed by atoms with Crippen LogP contribution in [0.1, 0.15) is 34.6 Å². The van der Waals surface area contributed by atoms with Crippen molar-refractivity contribution in [1.29, 1.82) is 0 Å². The summed E-state index contributed by atoms with van der Waals surface area (Å²) in [6.07, 6.45) is 0. The monoisotopic (exact) mass is 365 g/mol. The van der Waals surface area contributed by atoms with Gasteiger partial charge in [0.2, 0.25) is 0 Å². The summed E-state index contributed by atoms with van der Waals surface area (Å²) in [5, 5.41) is 7.10. The van der Waals surface area contributed by atoms with E-state index in [4.69, 9.17) is 9.47 Å². The molecule has 0 unspecified atom stereocenters. The Morgan fingerprint density at radius 3 is 1.78 bits per heavy atom. The van der Waals surface area contributed by atoms with Gasteiger partial charge in [0.1, 0.15) is 0 Å². The average Bonchev–Trinajstić information content (AvgIpc) is 3.19. The predicted octanol–water partition coefficient (Wildman–Crippen LogP) is 3.49. The van der Waals surface area contributed by atoms with Gasteiger partial charge in [0, 0.05) is 11.1 Å². The van der Waals surface area contributed by atoms with Crippen molar-refractivity contribution in [2.75, 3.05) is 13.2 Å². The second-order valence-corrected chi connectivity index (χ2v) is 5.60. The number of carbonyl (C=O) groups is 2. The molecule has 0 radical (unpaired) electrons. The second kappa shape index (κ2) is 8.27. The Morgan fingerprint density at radius 2 is 1.30 bits per heavy atom. The van der Waals surface area contributed by atoms with E-state index in [1.807, 2.05) is 0 Å². The molecular weight excluding hydrogens is 346 g/mol. The van der Waals surface area contributed by atoms with Gasteiger partial charge in [0.25, 0.3) is 0 Å². The van der Waals surface area contributed by atoms with E-state index in [1.165, 1.54) is 0 Å². The highest BCUT2D eigenvalue weighted by molar-refractivity contribution is 5.90. The number of nitrogens with one attached hydrogen (secondary N) is 1. The van der Waals surface area contributed by atoms with Gasteiger partial charge < -0.3 is 9.47 Å². The Labute approximate surface area is 156 Å². The summed E-state index contributed by atoms with van der Waals surface area (Å²) >= 11 is 0. The molecule has 0 atom stereocenters. The molecule has 7 nitrogen and oxygen atoms in total. The minimum Gasteiger partial charge on any atom is -0.462 e. The van der Waals surface area contributed by atoms with Crippen LogP contribution in [0.2, 0.25) is 0 Å². The van der Waals surface area contributed by atoms with E-state index < -0.39 is 0 Å². The average molecular weight is 365 g/mol. The number of benzene rings is 2. The molecule has 3 aromatic rings. The van der Waals surface area contributed by atoms with Crippen LogP contribution in [0.5, 0.6) is 0 Å². The lowest BCUT2D eigenvalue weighted by molar-refractivity contribution is 0.0517. The smallest absolute Gasteiger partial charge is 0.338 e. The molecule has 27 heavy (non-hydrogen) atoms. The first kappa shape index (κ1) is 18.3. The Hall–Kier alpha value is -3.48. The summed E-state index contributed by atoms with van der Waals surface area (Å²) in [7, 11) is 0. The summed E-state index contributed by atoms with van der Waals surface area (Å²) in [4.78, 5) is 27.9. The molecule has 1 heterocycles. The molecule has 0 saturated carbocycles. The minimum atomic E-state index is -0.360. The van der Waals surface area contributed by atoms with E-state index in [0.29, 0.717) is 36.0 Å². The highest BCUT2D eigenvalue weighted by atomic mass is 16.5. The summed E-state index contributed by atoms with van der Waals surface area (Å²) < 4.78 is 9.94. The molecular formula is C20H19N3O4. The molecule has 0 spiro atoms. The van der Waals surface area contributed by atoms with Crippen LogP contribution in [0.15, 0.2) is 48.5 Å². The zero-order chi connectivity index (χ0) is 19.2. The van der Waals surface area contributed by atoms with Crippen molar-refractivity contribution in [3.63, 3.8) is 0 Å². The van der Waals surface area contributed by atoms with E-state index in [9.17, 15) is 9.59 Å². The van der Waals surface area contributed by atoms with E-state index in [2.05, 4.69) is 15.2 Å². The lowest BCUT2D eigenvalue weighted by atomic mass is 10.1. The molecule has 7 heteroatoms. The van der Waals surface area contributed by atoms with Crippen LogP contribution >= 0.6 is 0 Å². The number of ether oxygens (including phenoxy) is 2. The summed E-state index contributed by atoms with van der Waals surface area (Å²) in [5.74, 6) is 0.371. The number of rotatable bonds is 6. The van der Waals surface area contributed by atoms with Crippen molar-refractivity contribution in [3.05, 3.63) is 59.7 Å². The van der Waals surface area contributed by atoms with Gasteiger partial charge in [-0.05, 0) is 38.1 Å². The van der Waals surface area contributed by atoms with Crippen LogP contribution < -0.4 is 0 Å². The van der Waals surface area contributed by atoms with Crippen molar-refractivity contribution in [1.82, 2.24) is 15.2 Å². The number of nitrogens with zero attached hydrogens (tertiary/aromatic N) is 2. The fourth-order valence-corrected chi connectivity index (χ4v) is 2.47. The van der Waals surface area contributed by atoms with Gasteiger partial charge in [0.15, 0.2) is 11.6 Å². The van der Waals surface area contributed by atoms with Crippen LogP contribution in [0.25, 0.3) is 22.8 Å².